The Morgan fingerprint density at radius 3 is 2.71 bits per heavy atom. The van der Waals surface area contributed by atoms with E-state index in [9.17, 15) is 14.4 Å². The third kappa shape index (κ3) is 4.46. The van der Waals surface area contributed by atoms with Gasteiger partial charge >= 0.3 is 0 Å². The molecule has 0 bridgehead atoms. The molecule has 1 N–H and O–H groups in total. The molecule has 3 amide bonds. The third-order valence-electron chi connectivity index (χ3n) is 5.69. The second-order valence-corrected chi connectivity index (χ2v) is 9.95. The lowest BCUT2D eigenvalue weighted by molar-refractivity contribution is -0.123. The first-order chi connectivity index (χ1) is 14.6. The molecule has 6 nitrogen and oxygen atoms in total. The molecule has 3 aliphatic rings. The van der Waals surface area contributed by atoms with E-state index in [1.807, 2.05) is 36.4 Å². The summed E-state index contributed by atoms with van der Waals surface area (Å²) >= 11 is 3.41. The summed E-state index contributed by atoms with van der Waals surface area (Å²) in [4.78, 5) is 43.3. The van der Waals surface area contributed by atoms with E-state index in [-0.39, 0.29) is 35.5 Å². The highest BCUT2D eigenvalue weighted by Gasteiger charge is 2.36. The predicted molar refractivity (Wildman–Crippen MR) is 123 cm³/mol. The first-order valence-electron chi connectivity index (χ1n) is 10.2. The highest BCUT2D eigenvalue weighted by molar-refractivity contribution is 9.10. The van der Waals surface area contributed by atoms with Crippen LogP contribution < -0.4 is 10.2 Å². The Morgan fingerprint density at radius 1 is 1.23 bits per heavy atom. The van der Waals surface area contributed by atoms with Crippen LogP contribution in [0.4, 0.5) is 5.69 Å². The lowest BCUT2D eigenvalue weighted by Crippen LogP contribution is -2.36. The van der Waals surface area contributed by atoms with E-state index in [4.69, 9.17) is 0 Å². The number of allylic oxidation sites excluding steroid dienone is 3. The van der Waals surface area contributed by atoms with Crippen molar-refractivity contribution in [2.75, 3.05) is 11.4 Å². The number of nitrogens with one attached hydrogen (secondary N) is 1. The first kappa shape index (κ1) is 21.4. The largest absolute Gasteiger partial charge is 0.325 e. The fourth-order valence-corrected chi connectivity index (χ4v) is 4.51. The van der Waals surface area contributed by atoms with Crippen LogP contribution in [-0.2, 0) is 14.4 Å². The van der Waals surface area contributed by atoms with Crippen LogP contribution in [0.15, 0.2) is 69.3 Å². The minimum Gasteiger partial charge on any atom is -0.325 e. The molecule has 7 heteroatoms. The lowest BCUT2D eigenvalue weighted by Gasteiger charge is -2.34. The Kier molecular flexibility index (Phi) is 5.56. The van der Waals surface area contributed by atoms with Crippen LogP contribution in [0.1, 0.15) is 27.2 Å². The molecule has 0 radical (unpaired) electrons. The summed E-state index contributed by atoms with van der Waals surface area (Å²) in [5, 5.41) is 2.87. The van der Waals surface area contributed by atoms with E-state index in [1.165, 1.54) is 0 Å². The van der Waals surface area contributed by atoms with E-state index >= 15 is 0 Å². The van der Waals surface area contributed by atoms with Gasteiger partial charge in [0, 0.05) is 40.8 Å². The fraction of sp³-hybridized carbons (Fsp3) is 0.333. The molecule has 2 atom stereocenters. The van der Waals surface area contributed by atoms with Crippen molar-refractivity contribution in [3.63, 3.8) is 0 Å². The van der Waals surface area contributed by atoms with Gasteiger partial charge in [-0.2, -0.15) is 0 Å². The predicted octanol–water partition coefficient (Wildman–Crippen LogP) is 3.94. The summed E-state index contributed by atoms with van der Waals surface area (Å²) in [6.45, 7) is 6.53. The van der Waals surface area contributed by atoms with Gasteiger partial charge < -0.3 is 10.2 Å². The molecule has 4 rings (SSSR count). The zero-order valence-electron chi connectivity index (χ0n) is 17.7. The van der Waals surface area contributed by atoms with Gasteiger partial charge in [0.05, 0.1) is 11.6 Å². The molecule has 160 valence electrons. The van der Waals surface area contributed by atoms with Crippen LogP contribution in [0.25, 0.3) is 0 Å². The highest BCUT2D eigenvalue weighted by atomic mass is 79.9. The minimum atomic E-state index is -0.491. The summed E-state index contributed by atoms with van der Waals surface area (Å²) < 4.78 is 0.875. The molecule has 2 aliphatic heterocycles. The maximum atomic E-state index is 12.8. The maximum absolute atomic E-state index is 12.8. The standard InChI is InChI=1S/C24H24BrN3O3/c1-24(2,3)19-12-21(29)27-20-11-16(7-8-18(19)20)26-23(31)14-9-22(30)28(13-14)17-6-4-5-15(25)10-17/h4-8,10-12,14,18H,9,13H2,1-3H3,(H,27,29). The molecular formula is C24H24BrN3O3. The van der Waals surface area contributed by atoms with Gasteiger partial charge in [-0.15, -0.1) is 0 Å². The molecule has 31 heavy (non-hydrogen) atoms. The molecule has 1 saturated heterocycles. The molecule has 0 aromatic heterocycles. The zero-order chi connectivity index (χ0) is 22.3. The maximum Gasteiger partial charge on any atom is 0.251 e. The summed E-state index contributed by atoms with van der Waals surface area (Å²) in [6, 6.07) is 7.45. The number of halogens is 1. The van der Waals surface area contributed by atoms with Gasteiger partial charge in [0.2, 0.25) is 11.8 Å². The van der Waals surface area contributed by atoms with Crippen LogP contribution in [-0.4, -0.2) is 30.0 Å². The second-order valence-electron chi connectivity index (χ2n) is 9.04. The quantitative estimate of drug-likeness (QED) is 0.694. The van der Waals surface area contributed by atoms with Crippen molar-refractivity contribution in [1.82, 2.24) is 5.32 Å². The number of benzene rings is 1. The van der Waals surface area contributed by atoms with E-state index in [0.29, 0.717) is 12.3 Å². The number of hydrogen-bond donors (Lipinski definition) is 1. The van der Waals surface area contributed by atoms with Crippen LogP contribution in [0, 0.1) is 17.3 Å². The Labute approximate surface area is 189 Å². The second kappa shape index (κ2) is 8.04. The zero-order valence-corrected chi connectivity index (χ0v) is 19.3. The van der Waals surface area contributed by atoms with Crippen LogP contribution in [0.3, 0.4) is 0 Å². The van der Waals surface area contributed by atoms with Crippen molar-refractivity contribution in [1.29, 1.82) is 0 Å². The number of amides is 3. The Bertz CT molecular complexity index is 1090. The van der Waals surface area contributed by atoms with Gasteiger partial charge in [-0.25, -0.2) is 4.99 Å². The number of carbonyl (C=O) groups excluding carboxylic acids is 3. The summed E-state index contributed by atoms with van der Waals surface area (Å²) in [5.41, 5.74) is 2.84. The number of carbonyl (C=O) groups is 3. The van der Waals surface area contributed by atoms with Crippen molar-refractivity contribution < 1.29 is 14.4 Å². The SMILES string of the molecule is CC(C)(C)C1=CC(=O)NC2=CC(=NC(=O)C3CC(=O)N(c4cccc(Br)c4)C3)C=CC21. The lowest BCUT2D eigenvalue weighted by atomic mass is 9.74. The number of nitrogens with zero attached hydrogens (tertiary/aromatic N) is 2. The van der Waals surface area contributed by atoms with Crippen molar-refractivity contribution in [2.45, 2.75) is 27.2 Å². The Morgan fingerprint density at radius 2 is 2.00 bits per heavy atom. The average Bonchev–Trinajstić information content (AvgIpc) is 3.08. The molecule has 2 unspecified atom stereocenters. The number of rotatable bonds is 2. The van der Waals surface area contributed by atoms with Gasteiger partial charge in [0.25, 0.3) is 5.91 Å². The molecule has 1 aliphatic carbocycles. The monoisotopic (exact) mass is 481 g/mol. The number of aliphatic imine (C=N–C) groups is 1. The summed E-state index contributed by atoms with van der Waals surface area (Å²) in [6.07, 6.45) is 7.32. The Balaban J connectivity index is 1.52. The normalized spacial score (nSPS) is 24.6. The smallest absolute Gasteiger partial charge is 0.251 e. The van der Waals surface area contributed by atoms with Gasteiger partial charge in [-0.1, -0.05) is 48.8 Å². The fourth-order valence-electron chi connectivity index (χ4n) is 4.13. The number of anilines is 1. The molecule has 1 aromatic rings. The molecule has 2 heterocycles. The Hall–Kier alpha value is -2.80. The van der Waals surface area contributed by atoms with E-state index in [2.05, 4.69) is 47.0 Å². The van der Waals surface area contributed by atoms with E-state index < -0.39 is 5.92 Å². The highest BCUT2D eigenvalue weighted by Crippen LogP contribution is 2.38. The van der Waals surface area contributed by atoms with Crippen LogP contribution >= 0.6 is 15.9 Å². The van der Waals surface area contributed by atoms with E-state index in [0.717, 1.165) is 21.4 Å². The molecule has 1 fully saturated rings. The third-order valence-corrected chi connectivity index (χ3v) is 6.18. The topological polar surface area (TPSA) is 78.8 Å². The number of fused-ring (bicyclic) bond motifs is 1. The molecular weight excluding hydrogens is 458 g/mol. The van der Waals surface area contributed by atoms with Crippen LogP contribution in [0.5, 0.6) is 0 Å². The minimum absolute atomic E-state index is 0.0353. The van der Waals surface area contributed by atoms with Gasteiger partial charge in [-0.05, 0) is 41.3 Å². The van der Waals surface area contributed by atoms with Crippen molar-refractivity contribution in [2.24, 2.45) is 22.2 Å². The van der Waals surface area contributed by atoms with E-state index in [1.54, 1.807) is 17.1 Å². The first-order valence-corrected chi connectivity index (χ1v) is 11.0. The average molecular weight is 482 g/mol. The molecule has 0 spiro atoms. The molecule has 1 aromatic carbocycles. The van der Waals surface area contributed by atoms with Gasteiger partial charge in [0.1, 0.15) is 0 Å². The van der Waals surface area contributed by atoms with Gasteiger partial charge in [0.15, 0.2) is 0 Å². The summed E-state index contributed by atoms with van der Waals surface area (Å²) in [5.74, 6) is -1.11. The van der Waals surface area contributed by atoms with Crippen LogP contribution in [0.2, 0.25) is 0 Å². The number of hydrogen-bond acceptors (Lipinski definition) is 3. The van der Waals surface area contributed by atoms with Crippen molar-refractivity contribution >= 4 is 45.1 Å². The molecule has 0 saturated carbocycles. The van der Waals surface area contributed by atoms with Gasteiger partial charge in [-0.3, -0.25) is 14.4 Å². The van der Waals surface area contributed by atoms with Crippen molar-refractivity contribution in [3.05, 3.63) is 64.3 Å². The van der Waals surface area contributed by atoms with Crippen molar-refractivity contribution in [3.8, 4) is 0 Å². The summed E-state index contributed by atoms with van der Waals surface area (Å²) in [7, 11) is 0.